The molecule has 74 valence electrons. The van der Waals surface area contributed by atoms with Gasteiger partial charge in [-0.3, -0.25) is 4.79 Å². The number of rotatable bonds is 2. The molecule has 2 aliphatic rings. The Labute approximate surface area is 82.5 Å². The van der Waals surface area contributed by atoms with E-state index in [2.05, 4.69) is 0 Å². The van der Waals surface area contributed by atoms with Gasteiger partial charge in [0.1, 0.15) is 0 Å². The monoisotopic (exact) mass is 190 g/mol. The molecule has 2 fully saturated rings. The summed E-state index contributed by atoms with van der Waals surface area (Å²) in [6.07, 6.45) is 5.89. The van der Waals surface area contributed by atoms with E-state index in [1.807, 2.05) is 12.3 Å². The summed E-state index contributed by atoms with van der Waals surface area (Å²) in [7, 11) is 0. The van der Waals surface area contributed by atoms with Crippen LogP contribution in [0, 0.1) is 11.3 Å². The van der Waals surface area contributed by atoms with Crippen molar-refractivity contribution in [3.05, 3.63) is 28.7 Å². The van der Waals surface area contributed by atoms with Gasteiger partial charge in [0.25, 0.3) is 5.56 Å². The van der Waals surface area contributed by atoms with Crippen molar-refractivity contribution in [3.63, 3.8) is 0 Å². The van der Waals surface area contributed by atoms with Crippen LogP contribution in [0.4, 0.5) is 5.69 Å². The molecule has 2 aliphatic carbocycles. The fourth-order valence-electron chi connectivity index (χ4n) is 2.40. The molecule has 1 aromatic heterocycles. The van der Waals surface area contributed by atoms with Crippen LogP contribution in [0.3, 0.4) is 0 Å². The molecule has 3 nitrogen and oxygen atoms in total. The van der Waals surface area contributed by atoms with Gasteiger partial charge >= 0.3 is 0 Å². The Hall–Kier alpha value is -1.25. The number of aromatic nitrogens is 1. The molecule has 3 heteroatoms. The summed E-state index contributed by atoms with van der Waals surface area (Å²) in [5, 5.41) is 0. The van der Waals surface area contributed by atoms with Crippen LogP contribution >= 0.6 is 0 Å². The van der Waals surface area contributed by atoms with Crippen LogP contribution in [-0.2, 0) is 6.54 Å². The summed E-state index contributed by atoms with van der Waals surface area (Å²) < 4.78 is 1.76. The highest BCUT2D eigenvalue weighted by Gasteiger charge is 2.62. The maximum Gasteiger partial charge on any atom is 0.273 e. The third kappa shape index (κ3) is 1.08. The lowest BCUT2D eigenvalue weighted by Crippen LogP contribution is -2.23. The average Bonchev–Trinajstić information content (AvgIpc) is 3.05. The van der Waals surface area contributed by atoms with Gasteiger partial charge in [0.15, 0.2) is 0 Å². The number of nitrogen functional groups attached to an aromatic ring is 1. The van der Waals surface area contributed by atoms with Gasteiger partial charge in [-0.15, -0.1) is 0 Å². The molecule has 3 rings (SSSR count). The molecule has 1 spiro atoms. The van der Waals surface area contributed by atoms with Crippen molar-refractivity contribution >= 4 is 5.69 Å². The van der Waals surface area contributed by atoms with Gasteiger partial charge in [0, 0.05) is 12.7 Å². The number of anilines is 1. The predicted molar refractivity (Wildman–Crippen MR) is 54.9 cm³/mol. The van der Waals surface area contributed by atoms with Crippen molar-refractivity contribution < 1.29 is 0 Å². The maximum absolute atomic E-state index is 11.6. The SMILES string of the molecule is Nc1cccn(CC2CC23CC3)c1=O. The van der Waals surface area contributed by atoms with Crippen LogP contribution in [0.15, 0.2) is 23.1 Å². The quantitative estimate of drug-likeness (QED) is 0.762. The van der Waals surface area contributed by atoms with E-state index >= 15 is 0 Å². The molecule has 0 radical (unpaired) electrons. The van der Waals surface area contributed by atoms with E-state index < -0.39 is 0 Å². The van der Waals surface area contributed by atoms with E-state index in [-0.39, 0.29) is 5.56 Å². The number of nitrogens with two attached hydrogens (primary N) is 1. The highest BCUT2D eigenvalue weighted by molar-refractivity contribution is 5.33. The second-order valence-electron chi connectivity index (χ2n) is 4.68. The van der Waals surface area contributed by atoms with E-state index in [9.17, 15) is 4.79 Å². The molecular formula is C11H14N2O. The molecule has 1 atom stereocenters. The zero-order valence-electron chi connectivity index (χ0n) is 8.07. The second kappa shape index (κ2) is 2.41. The Morgan fingerprint density at radius 3 is 3.00 bits per heavy atom. The third-order valence-corrected chi connectivity index (χ3v) is 3.72. The number of hydrogen-bond donors (Lipinski definition) is 1. The smallest absolute Gasteiger partial charge is 0.273 e. The average molecular weight is 190 g/mol. The highest BCUT2D eigenvalue weighted by atomic mass is 16.1. The minimum Gasteiger partial charge on any atom is -0.394 e. The lowest BCUT2D eigenvalue weighted by atomic mass is 10.3. The molecule has 1 unspecified atom stereocenters. The first-order valence-electron chi connectivity index (χ1n) is 5.16. The van der Waals surface area contributed by atoms with Crippen LogP contribution in [0.5, 0.6) is 0 Å². The second-order valence-corrected chi connectivity index (χ2v) is 4.68. The molecule has 2 saturated carbocycles. The van der Waals surface area contributed by atoms with Crippen LogP contribution in [0.25, 0.3) is 0 Å². The van der Waals surface area contributed by atoms with Crippen molar-refractivity contribution in [2.75, 3.05) is 5.73 Å². The predicted octanol–water partition coefficient (Wildman–Crippen LogP) is 1.23. The summed E-state index contributed by atoms with van der Waals surface area (Å²) in [5.74, 6) is 0.738. The van der Waals surface area contributed by atoms with Gasteiger partial charge in [-0.05, 0) is 42.7 Å². The molecule has 0 amide bonds. The Kier molecular flexibility index (Phi) is 1.39. The largest absolute Gasteiger partial charge is 0.394 e. The lowest BCUT2D eigenvalue weighted by Gasteiger charge is -2.04. The zero-order valence-corrected chi connectivity index (χ0v) is 8.07. The Balaban J connectivity index is 1.83. The minimum absolute atomic E-state index is 0.0322. The maximum atomic E-state index is 11.6. The highest BCUT2D eigenvalue weighted by Crippen LogP contribution is 2.70. The normalized spacial score (nSPS) is 26.4. The topological polar surface area (TPSA) is 48.0 Å². The van der Waals surface area contributed by atoms with E-state index in [1.54, 1.807) is 10.6 Å². The fourth-order valence-corrected chi connectivity index (χ4v) is 2.40. The summed E-state index contributed by atoms with van der Waals surface area (Å²) >= 11 is 0. The number of pyridine rings is 1. The lowest BCUT2D eigenvalue weighted by molar-refractivity contribution is 0.560. The number of nitrogens with zero attached hydrogens (tertiary/aromatic N) is 1. The van der Waals surface area contributed by atoms with Crippen molar-refractivity contribution in [1.29, 1.82) is 0 Å². The van der Waals surface area contributed by atoms with Crippen molar-refractivity contribution in [1.82, 2.24) is 4.57 Å². The van der Waals surface area contributed by atoms with Gasteiger partial charge in [-0.1, -0.05) is 0 Å². The van der Waals surface area contributed by atoms with Crippen molar-refractivity contribution in [3.8, 4) is 0 Å². The molecule has 0 bridgehead atoms. The van der Waals surface area contributed by atoms with Crippen molar-refractivity contribution in [2.45, 2.75) is 25.8 Å². The van der Waals surface area contributed by atoms with Gasteiger partial charge < -0.3 is 10.3 Å². The fraction of sp³-hybridized carbons (Fsp3) is 0.545. The summed E-state index contributed by atoms with van der Waals surface area (Å²) in [4.78, 5) is 11.6. The third-order valence-electron chi connectivity index (χ3n) is 3.72. The molecule has 0 aromatic carbocycles. The van der Waals surface area contributed by atoms with E-state index in [0.717, 1.165) is 12.5 Å². The molecule has 2 N–H and O–H groups in total. The summed E-state index contributed by atoms with van der Waals surface area (Å²) in [5.41, 5.74) is 6.55. The van der Waals surface area contributed by atoms with Crippen LogP contribution in [0.1, 0.15) is 19.3 Å². The summed E-state index contributed by atoms with van der Waals surface area (Å²) in [6.45, 7) is 0.865. The molecular weight excluding hydrogens is 176 g/mol. The van der Waals surface area contributed by atoms with Gasteiger partial charge in [0.2, 0.25) is 0 Å². The van der Waals surface area contributed by atoms with Crippen LogP contribution < -0.4 is 11.3 Å². The molecule has 0 aliphatic heterocycles. The molecule has 1 aromatic rings. The first-order chi connectivity index (χ1) is 6.71. The first kappa shape index (κ1) is 8.09. The minimum atomic E-state index is -0.0322. The zero-order chi connectivity index (χ0) is 9.76. The van der Waals surface area contributed by atoms with Crippen LogP contribution in [0.2, 0.25) is 0 Å². The van der Waals surface area contributed by atoms with Gasteiger partial charge in [-0.25, -0.2) is 0 Å². The Morgan fingerprint density at radius 2 is 2.36 bits per heavy atom. The Bertz CT molecular complexity index is 431. The van der Waals surface area contributed by atoms with Crippen molar-refractivity contribution in [2.24, 2.45) is 11.3 Å². The number of hydrogen-bond acceptors (Lipinski definition) is 2. The molecule has 14 heavy (non-hydrogen) atoms. The molecule has 1 heterocycles. The van der Waals surface area contributed by atoms with Crippen LogP contribution in [-0.4, -0.2) is 4.57 Å². The molecule has 0 saturated heterocycles. The van der Waals surface area contributed by atoms with E-state index in [0.29, 0.717) is 11.1 Å². The van der Waals surface area contributed by atoms with Gasteiger partial charge in [-0.2, -0.15) is 0 Å². The summed E-state index contributed by atoms with van der Waals surface area (Å²) in [6, 6.07) is 3.51. The Morgan fingerprint density at radius 1 is 1.57 bits per heavy atom. The first-order valence-corrected chi connectivity index (χ1v) is 5.16. The van der Waals surface area contributed by atoms with E-state index in [1.165, 1.54) is 19.3 Å². The standard InChI is InChI=1S/C11H14N2O/c12-9-2-1-5-13(10(9)14)7-8-6-11(8)3-4-11/h1-2,5,8H,3-4,6-7,12H2. The van der Waals surface area contributed by atoms with Gasteiger partial charge in [0.05, 0.1) is 5.69 Å². The van der Waals surface area contributed by atoms with E-state index in [4.69, 9.17) is 5.73 Å².